The van der Waals surface area contributed by atoms with Gasteiger partial charge in [0.1, 0.15) is 0 Å². The monoisotopic (exact) mass is 120 g/mol. The summed E-state index contributed by atoms with van der Waals surface area (Å²) in [5.41, 5.74) is 0.681. The van der Waals surface area contributed by atoms with Gasteiger partial charge in [-0.3, -0.25) is 0 Å². The van der Waals surface area contributed by atoms with Crippen LogP contribution in [0.25, 0.3) is 0 Å². The zero-order valence-corrected chi connectivity index (χ0v) is 6.07. The molecule has 0 saturated carbocycles. The van der Waals surface area contributed by atoms with Crippen LogP contribution in [0.2, 0.25) is 0 Å². The summed E-state index contributed by atoms with van der Waals surface area (Å²) in [4.78, 5) is 0. The van der Waals surface area contributed by atoms with Crippen LogP contribution in [0.5, 0.6) is 0 Å². The summed E-state index contributed by atoms with van der Waals surface area (Å²) in [6.07, 6.45) is 0.382. The van der Waals surface area contributed by atoms with Gasteiger partial charge in [-0.2, -0.15) is 0 Å². The fourth-order valence-corrected chi connectivity index (χ4v) is 0.490. The molecule has 0 heterocycles. The molecule has 0 aromatic heterocycles. The first-order chi connectivity index (χ1) is 3.18. The molecule has 2 heteroatoms. The SMILES string of the molecule is CC(C)P(C)CO. The molecule has 0 spiro atoms. The Kier molecular flexibility index (Phi) is 3.59. The maximum atomic E-state index is 8.53. The van der Waals surface area contributed by atoms with E-state index in [1.54, 1.807) is 0 Å². The molecule has 0 radical (unpaired) electrons. The Morgan fingerprint density at radius 3 is 2.00 bits per heavy atom. The molecule has 0 saturated heterocycles. The van der Waals surface area contributed by atoms with Crippen molar-refractivity contribution in [3.63, 3.8) is 0 Å². The summed E-state index contributed by atoms with van der Waals surface area (Å²) in [6, 6.07) is 0. The number of rotatable bonds is 2. The van der Waals surface area contributed by atoms with Gasteiger partial charge in [-0.1, -0.05) is 21.8 Å². The third-order valence-electron chi connectivity index (χ3n) is 1.10. The van der Waals surface area contributed by atoms with Gasteiger partial charge in [0.25, 0.3) is 0 Å². The van der Waals surface area contributed by atoms with Crippen molar-refractivity contribution in [1.29, 1.82) is 0 Å². The summed E-state index contributed by atoms with van der Waals surface area (Å²) in [5, 5.41) is 8.53. The molecule has 0 aromatic rings. The van der Waals surface area contributed by atoms with E-state index in [9.17, 15) is 0 Å². The Hall–Kier alpha value is 0.390. The Morgan fingerprint density at radius 2 is 2.00 bits per heavy atom. The maximum Gasteiger partial charge on any atom is 0.0624 e. The minimum atomic E-state index is -0.0818. The zero-order valence-electron chi connectivity index (χ0n) is 5.18. The van der Waals surface area contributed by atoms with Crippen molar-refractivity contribution in [2.45, 2.75) is 19.5 Å². The first kappa shape index (κ1) is 7.39. The second-order valence-corrected chi connectivity index (χ2v) is 4.82. The van der Waals surface area contributed by atoms with Crippen LogP contribution in [0.15, 0.2) is 0 Å². The van der Waals surface area contributed by atoms with Crippen LogP contribution in [0, 0.1) is 0 Å². The van der Waals surface area contributed by atoms with Crippen molar-refractivity contribution in [2.75, 3.05) is 13.0 Å². The van der Waals surface area contributed by atoms with E-state index < -0.39 is 0 Å². The van der Waals surface area contributed by atoms with Crippen LogP contribution in [0.3, 0.4) is 0 Å². The summed E-state index contributed by atoms with van der Waals surface area (Å²) in [6.45, 7) is 6.39. The molecule has 7 heavy (non-hydrogen) atoms. The van der Waals surface area contributed by atoms with Crippen LogP contribution < -0.4 is 0 Å². The van der Waals surface area contributed by atoms with E-state index in [0.29, 0.717) is 12.0 Å². The molecule has 0 aliphatic heterocycles. The highest BCUT2D eigenvalue weighted by Crippen LogP contribution is 2.34. The third kappa shape index (κ3) is 3.02. The zero-order chi connectivity index (χ0) is 5.86. The van der Waals surface area contributed by atoms with Gasteiger partial charge in [-0.15, -0.1) is 0 Å². The van der Waals surface area contributed by atoms with Crippen molar-refractivity contribution in [2.24, 2.45) is 0 Å². The smallest absolute Gasteiger partial charge is 0.0624 e. The Bertz CT molecular complexity index is 45.3. The summed E-state index contributed by atoms with van der Waals surface area (Å²) in [5.74, 6) is 0. The molecular weight excluding hydrogens is 107 g/mol. The lowest BCUT2D eigenvalue weighted by Crippen LogP contribution is -1.93. The quantitative estimate of drug-likeness (QED) is 0.547. The predicted molar refractivity (Wildman–Crippen MR) is 35.1 cm³/mol. The Balaban J connectivity index is 3.14. The standard InChI is InChI=1S/C5H13OP/c1-5(2)7(3)4-6/h5-6H,4H2,1-3H3. The highest BCUT2D eigenvalue weighted by atomic mass is 31.1. The largest absolute Gasteiger partial charge is 0.392 e. The average Bonchev–Trinajstić information content (AvgIpc) is 1.65. The van der Waals surface area contributed by atoms with E-state index in [-0.39, 0.29) is 7.92 Å². The van der Waals surface area contributed by atoms with E-state index >= 15 is 0 Å². The van der Waals surface area contributed by atoms with Crippen molar-refractivity contribution in [3.8, 4) is 0 Å². The lowest BCUT2D eigenvalue weighted by Gasteiger charge is -2.10. The Labute approximate surface area is 46.5 Å². The van der Waals surface area contributed by atoms with Crippen LogP contribution in [-0.4, -0.2) is 23.8 Å². The van der Waals surface area contributed by atoms with Crippen molar-refractivity contribution >= 4 is 7.92 Å². The van der Waals surface area contributed by atoms with Crippen molar-refractivity contribution < 1.29 is 5.11 Å². The van der Waals surface area contributed by atoms with E-state index in [0.717, 1.165) is 0 Å². The molecule has 0 aliphatic rings. The van der Waals surface area contributed by atoms with Crippen LogP contribution in [0.1, 0.15) is 13.8 Å². The van der Waals surface area contributed by atoms with Gasteiger partial charge in [0.05, 0.1) is 6.35 Å². The average molecular weight is 120 g/mol. The van der Waals surface area contributed by atoms with Crippen molar-refractivity contribution in [1.82, 2.24) is 0 Å². The van der Waals surface area contributed by atoms with E-state index in [4.69, 9.17) is 5.11 Å². The molecule has 0 aromatic carbocycles. The summed E-state index contributed by atoms with van der Waals surface area (Å²) >= 11 is 0. The molecule has 1 nitrogen and oxygen atoms in total. The van der Waals surface area contributed by atoms with Crippen molar-refractivity contribution in [3.05, 3.63) is 0 Å². The predicted octanol–water partition coefficient (Wildman–Crippen LogP) is 1.46. The molecule has 0 fully saturated rings. The van der Waals surface area contributed by atoms with Gasteiger partial charge in [0.15, 0.2) is 0 Å². The van der Waals surface area contributed by atoms with Gasteiger partial charge in [-0.25, -0.2) is 0 Å². The van der Waals surface area contributed by atoms with E-state index in [1.165, 1.54) is 0 Å². The highest BCUT2D eigenvalue weighted by molar-refractivity contribution is 7.57. The van der Waals surface area contributed by atoms with Crippen LogP contribution >= 0.6 is 7.92 Å². The first-order valence-corrected chi connectivity index (χ1v) is 4.54. The second-order valence-electron chi connectivity index (χ2n) is 1.99. The van der Waals surface area contributed by atoms with Gasteiger partial charge in [-0.05, 0) is 12.3 Å². The van der Waals surface area contributed by atoms with Gasteiger partial charge < -0.3 is 5.11 Å². The molecule has 0 bridgehead atoms. The lowest BCUT2D eigenvalue weighted by atomic mass is 10.6. The molecule has 0 amide bonds. The topological polar surface area (TPSA) is 20.2 Å². The molecule has 1 unspecified atom stereocenters. The first-order valence-electron chi connectivity index (χ1n) is 2.49. The number of hydrogen-bond donors (Lipinski definition) is 1. The molecule has 1 atom stereocenters. The highest BCUT2D eigenvalue weighted by Gasteiger charge is 2.01. The number of hydrogen-bond acceptors (Lipinski definition) is 1. The summed E-state index contributed by atoms with van der Waals surface area (Å²) in [7, 11) is -0.0818. The van der Waals surface area contributed by atoms with Gasteiger partial charge in [0, 0.05) is 0 Å². The molecule has 0 rings (SSSR count). The second kappa shape index (κ2) is 3.40. The minimum absolute atomic E-state index is 0.0818. The van der Waals surface area contributed by atoms with Crippen LogP contribution in [-0.2, 0) is 0 Å². The minimum Gasteiger partial charge on any atom is -0.392 e. The molecular formula is C5H13OP. The normalized spacial score (nSPS) is 15.0. The lowest BCUT2D eigenvalue weighted by molar-refractivity contribution is 0.369. The number of aliphatic hydroxyl groups is 1. The third-order valence-corrected chi connectivity index (χ3v) is 3.31. The summed E-state index contributed by atoms with van der Waals surface area (Å²) < 4.78 is 0. The molecule has 44 valence electrons. The molecule has 1 N–H and O–H groups in total. The number of aliphatic hydroxyl groups excluding tert-OH is 1. The van der Waals surface area contributed by atoms with E-state index in [1.807, 2.05) is 0 Å². The fourth-order valence-electron chi connectivity index (χ4n) is 0.163. The van der Waals surface area contributed by atoms with E-state index in [2.05, 4.69) is 20.5 Å². The maximum absolute atomic E-state index is 8.53. The Morgan fingerprint density at radius 1 is 1.57 bits per heavy atom. The van der Waals surface area contributed by atoms with Gasteiger partial charge >= 0.3 is 0 Å². The van der Waals surface area contributed by atoms with Crippen LogP contribution in [0.4, 0.5) is 0 Å². The molecule has 0 aliphatic carbocycles. The van der Waals surface area contributed by atoms with Gasteiger partial charge in [0.2, 0.25) is 0 Å². The fraction of sp³-hybridized carbons (Fsp3) is 1.00.